The monoisotopic (exact) mass is 333 g/mol. The Kier molecular flexibility index (Phi) is 6.10. The fourth-order valence-corrected chi connectivity index (χ4v) is 1.96. The summed E-state index contributed by atoms with van der Waals surface area (Å²) in [4.78, 5) is 10.5. The first-order valence-corrected chi connectivity index (χ1v) is 7.22. The van der Waals surface area contributed by atoms with Gasteiger partial charge < -0.3 is 15.8 Å². The lowest BCUT2D eigenvalue weighted by Crippen LogP contribution is -2.21. The van der Waals surface area contributed by atoms with Gasteiger partial charge in [-0.15, -0.1) is 0 Å². The number of nitro benzene ring substituents is 1. The molecule has 0 amide bonds. The third-order valence-electron chi connectivity index (χ3n) is 3.00. The van der Waals surface area contributed by atoms with E-state index in [1.165, 1.54) is 6.07 Å². The van der Waals surface area contributed by atoms with E-state index in [-0.39, 0.29) is 12.3 Å². The number of nitrogens with two attached hydrogens (primary N) is 1. The first kappa shape index (κ1) is 17.0. The maximum atomic E-state index is 10.9. The smallest absolute Gasteiger partial charge is 0.274 e. The minimum atomic E-state index is -0.686. The SMILES string of the molecule is NC(/C=C\Nc1ccc(Cl)cc1)OCc1ccccc1[N+](=O)[O-]. The topological polar surface area (TPSA) is 90.4 Å². The Morgan fingerprint density at radius 2 is 1.96 bits per heavy atom. The highest BCUT2D eigenvalue weighted by molar-refractivity contribution is 6.30. The average molecular weight is 334 g/mol. The lowest BCUT2D eigenvalue weighted by Gasteiger charge is -2.09. The number of nitrogens with zero attached hydrogens (tertiary/aromatic N) is 1. The molecule has 23 heavy (non-hydrogen) atoms. The number of hydrogen-bond donors (Lipinski definition) is 2. The van der Waals surface area contributed by atoms with Gasteiger partial charge in [0.1, 0.15) is 6.23 Å². The molecule has 2 aromatic rings. The molecule has 0 aliphatic heterocycles. The molecule has 0 bridgehead atoms. The van der Waals surface area contributed by atoms with Crippen LogP contribution in [0.2, 0.25) is 5.02 Å². The van der Waals surface area contributed by atoms with E-state index in [9.17, 15) is 10.1 Å². The fourth-order valence-electron chi connectivity index (χ4n) is 1.84. The Bertz CT molecular complexity index is 689. The van der Waals surface area contributed by atoms with E-state index in [2.05, 4.69) is 5.32 Å². The van der Waals surface area contributed by atoms with E-state index in [1.54, 1.807) is 42.6 Å². The summed E-state index contributed by atoms with van der Waals surface area (Å²) in [5.74, 6) is 0. The molecular formula is C16H16ClN3O3. The number of rotatable bonds is 7. The number of para-hydroxylation sites is 1. The average Bonchev–Trinajstić information content (AvgIpc) is 2.55. The largest absolute Gasteiger partial charge is 0.362 e. The van der Waals surface area contributed by atoms with Crippen LogP contribution < -0.4 is 11.1 Å². The molecule has 0 spiro atoms. The van der Waals surface area contributed by atoms with E-state index in [4.69, 9.17) is 22.1 Å². The summed E-state index contributed by atoms with van der Waals surface area (Å²) >= 11 is 5.80. The van der Waals surface area contributed by atoms with Crippen LogP contribution in [0.1, 0.15) is 5.56 Å². The second-order valence-corrected chi connectivity index (χ2v) is 5.11. The standard InChI is InChI=1S/C16H16ClN3O3/c17-13-5-7-14(8-6-13)19-10-9-16(18)23-11-12-3-1-2-4-15(12)20(21)22/h1-10,16,19H,11,18H2/b10-9-. The number of hydrogen-bond acceptors (Lipinski definition) is 5. The highest BCUT2D eigenvalue weighted by atomic mass is 35.5. The van der Waals surface area contributed by atoms with Crippen LogP contribution in [0.15, 0.2) is 60.8 Å². The second-order valence-electron chi connectivity index (χ2n) is 4.67. The Balaban J connectivity index is 1.85. The van der Waals surface area contributed by atoms with Gasteiger partial charge in [-0.1, -0.05) is 23.7 Å². The predicted molar refractivity (Wildman–Crippen MR) is 90.1 cm³/mol. The minimum Gasteiger partial charge on any atom is -0.362 e. The van der Waals surface area contributed by atoms with Crippen molar-refractivity contribution in [3.63, 3.8) is 0 Å². The first-order chi connectivity index (χ1) is 11.1. The van der Waals surface area contributed by atoms with Gasteiger partial charge in [0.2, 0.25) is 0 Å². The van der Waals surface area contributed by atoms with Crippen molar-refractivity contribution in [2.24, 2.45) is 5.73 Å². The van der Waals surface area contributed by atoms with Gasteiger partial charge >= 0.3 is 0 Å². The van der Waals surface area contributed by atoms with Crippen molar-refractivity contribution in [2.45, 2.75) is 12.8 Å². The van der Waals surface area contributed by atoms with Crippen molar-refractivity contribution in [3.05, 3.63) is 81.5 Å². The molecule has 0 radical (unpaired) electrons. The molecule has 1 unspecified atom stereocenters. The van der Waals surface area contributed by atoms with Crippen LogP contribution in [-0.2, 0) is 11.3 Å². The molecule has 0 heterocycles. The van der Waals surface area contributed by atoms with Gasteiger partial charge in [0.15, 0.2) is 0 Å². The highest BCUT2D eigenvalue weighted by Gasteiger charge is 2.12. The zero-order chi connectivity index (χ0) is 16.7. The van der Waals surface area contributed by atoms with Crippen LogP contribution >= 0.6 is 11.6 Å². The summed E-state index contributed by atoms with van der Waals surface area (Å²) in [6.45, 7) is 0.0591. The summed E-state index contributed by atoms with van der Waals surface area (Å²) in [6, 6.07) is 13.6. The number of benzene rings is 2. The summed E-state index contributed by atoms with van der Waals surface area (Å²) in [5, 5.41) is 14.6. The van der Waals surface area contributed by atoms with E-state index in [0.29, 0.717) is 10.6 Å². The summed E-state index contributed by atoms with van der Waals surface area (Å²) < 4.78 is 5.40. The molecule has 120 valence electrons. The van der Waals surface area contributed by atoms with Crippen molar-refractivity contribution in [1.82, 2.24) is 0 Å². The zero-order valence-corrected chi connectivity index (χ0v) is 12.9. The third-order valence-corrected chi connectivity index (χ3v) is 3.25. The Morgan fingerprint density at radius 3 is 2.65 bits per heavy atom. The number of nitrogens with one attached hydrogen (secondary N) is 1. The summed E-state index contributed by atoms with van der Waals surface area (Å²) in [5.41, 5.74) is 7.15. The molecular weight excluding hydrogens is 318 g/mol. The molecule has 7 heteroatoms. The number of halogens is 1. The van der Waals surface area contributed by atoms with Gasteiger partial charge in [0.05, 0.1) is 17.1 Å². The van der Waals surface area contributed by atoms with Crippen LogP contribution in [0.4, 0.5) is 11.4 Å². The molecule has 0 saturated carbocycles. The fraction of sp³-hybridized carbons (Fsp3) is 0.125. The molecule has 0 aliphatic rings. The molecule has 0 aliphatic carbocycles. The molecule has 2 rings (SSSR count). The number of anilines is 1. The van der Waals surface area contributed by atoms with Crippen molar-refractivity contribution in [3.8, 4) is 0 Å². The van der Waals surface area contributed by atoms with Crippen LogP contribution in [0.5, 0.6) is 0 Å². The van der Waals surface area contributed by atoms with E-state index < -0.39 is 11.2 Å². The molecule has 1 atom stereocenters. The third kappa shape index (κ3) is 5.37. The summed E-state index contributed by atoms with van der Waals surface area (Å²) in [6.07, 6.45) is 2.58. The van der Waals surface area contributed by atoms with E-state index in [1.807, 2.05) is 12.1 Å². The summed E-state index contributed by atoms with van der Waals surface area (Å²) in [7, 11) is 0. The quantitative estimate of drug-likeness (QED) is 0.458. The van der Waals surface area contributed by atoms with Crippen LogP contribution in [-0.4, -0.2) is 11.2 Å². The van der Waals surface area contributed by atoms with Gasteiger partial charge in [0.25, 0.3) is 5.69 Å². The maximum Gasteiger partial charge on any atom is 0.274 e. The molecule has 0 fully saturated rings. The van der Waals surface area contributed by atoms with Gasteiger partial charge in [-0.05, 0) is 36.4 Å². The second kappa shape index (κ2) is 8.28. The molecule has 0 aromatic heterocycles. The number of ether oxygens (including phenoxy) is 1. The van der Waals surface area contributed by atoms with Crippen molar-refractivity contribution in [1.29, 1.82) is 0 Å². The van der Waals surface area contributed by atoms with Gasteiger partial charge in [-0.2, -0.15) is 0 Å². The first-order valence-electron chi connectivity index (χ1n) is 6.84. The minimum absolute atomic E-state index is 0.0166. The van der Waals surface area contributed by atoms with Gasteiger partial charge in [0, 0.05) is 23.0 Å². The highest BCUT2D eigenvalue weighted by Crippen LogP contribution is 2.18. The lowest BCUT2D eigenvalue weighted by molar-refractivity contribution is -0.386. The lowest BCUT2D eigenvalue weighted by atomic mass is 10.2. The van der Waals surface area contributed by atoms with E-state index >= 15 is 0 Å². The number of nitro groups is 1. The van der Waals surface area contributed by atoms with Crippen LogP contribution in [0.3, 0.4) is 0 Å². The van der Waals surface area contributed by atoms with Gasteiger partial charge in [-0.25, -0.2) is 0 Å². The Hall–Kier alpha value is -2.41. The molecule has 2 aromatic carbocycles. The zero-order valence-electron chi connectivity index (χ0n) is 12.2. The van der Waals surface area contributed by atoms with Crippen molar-refractivity contribution < 1.29 is 9.66 Å². The Labute approximate surface area is 138 Å². The van der Waals surface area contributed by atoms with Crippen molar-refractivity contribution >= 4 is 23.0 Å². The Morgan fingerprint density at radius 1 is 1.26 bits per heavy atom. The van der Waals surface area contributed by atoms with Crippen LogP contribution in [0.25, 0.3) is 0 Å². The molecule has 0 saturated heterocycles. The maximum absolute atomic E-state index is 10.9. The van der Waals surface area contributed by atoms with Crippen LogP contribution in [0, 0.1) is 10.1 Å². The molecule has 6 nitrogen and oxygen atoms in total. The molecule has 3 N–H and O–H groups in total. The van der Waals surface area contributed by atoms with Crippen molar-refractivity contribution in [2.75, 3.05) is 5.32 Å². The van der Waals surface area contributed by atoms with E-state index in [0.717, 1.165) is 5.69 Å². The predicted octanol–water partition coefficient (Wildman–Crippen LogP) is 3.68. The van der Waals surface area contributed by atoms with Gasteiger partial charge in [-0.3, -0.25) is 10.1 Å². The normalized spacial score (nSPS) is 12.3.